The van der Waals surface area contributed by atoms with Crippen LogP contribution in [0.5, 0.6) is 5.75 Å². The molecule has 4 nitrogen and oxygen atoms in total. The molecule has 1 aromatic carbocycles. The van der Waals surface area contributed by atoms with Crippen molar-refractivity contribution in [3.63, 3.8) is 0 Å². The lowest BCUT2D eigenvalue weighted by Crippen LogP contribution is -2.08. The number of carboxylic acid groups (broad SMARTS) is 1. The van der Waals surface area contributed by atoms with E-state index in [-0.39, 0.29) is 12.2 Å². The first-order valence-corrected chi connectivity index (χ1v) is 6.92. The van der Waals surface area contributed by atoms with Crippen LogP contribution in [-0.4, -0.2) is 16.1 Å². The van der Waals surface area contributed by atoms with E-state index in [2.05, 4.69) is 36.8 Å². The van der Waals surface area contributed by atoms with Gasteiger partial charge in [-0.2, -0.15) is 0 Å². The average Bonchev–Trinajstić information content (AvgIpc) is 2.38. The van der Waals surface area contributed by atoms with Crippen molar-refractivity contribution >= 4 is 37.8 Å². The number of nitrogens with zero attached hydrogens (tertiary/aromatic N) is 1. The number of hydrogen-bond acceptors (Lipinski definition) is 3. The highest BCUT2D eigenvalue weighted by Crippen LogP contribution is 2.33. The minimum absolute atomic E-state index is 0.0870. The maximum atomic E-state index is 11.1. The molecule has 1 N–H and O–H groups in total. The van der Waals surface area contributed by atoms with Crippen LogP contribution >= 0.6 is 31.9 Å². The van der Waals surface area contributed by atoms with E-state index in [4.69, 9.17) is 9.84 Å². The standard InChI is InChI=1S/C13H9Br2NO3/c14-9-4-1-5-10(15)12(9)19-7-11-8(13(17)18)3-2-6-16-11/h1-6H,7H2,(H,17,18). The summed E-state index contributed by atoms with van der Waals surface area (Å²) in [6.07, 6.45) is 1.54. The van der Waals surface area contributed by atoms with Gasteiger partial charge in [-0.25, -0.2) is 4.79 Å². The van der Waals surface area contributed by atoms with Crippen molar-refractivity contribution in [3.05, 3.63) is 56.7 Å². The van der Waals surface area contributed by atoms with Crippen molar-refractivity contribution < 1.29 is 14.6 Å². The topological polar surface area (TPSA) is 59.4 Å². The van der Waals surface area contributed by atoms with E-state index in [0.29, 0.717) is 11.4 Å². The first-order chi connectivity index (χ1) is 9.09. The molecule has 0 amide bonds. The second kappa shape index (κ2) is 6.16. The number of para-hydroxylation sites is 1. The first-order valence-electron chi connectivity index (χ1n) is 5.33. The molecule has 1 aromatic heterocycles. The number of benzene rings is 1. The van der Waals surface area contributed by atoms with Crippen LogP contribution in [-0.2, 0) is 6.61 Å². The molecule has 0 aliphatic heterocycles. The Morgan fingerprint density at radius 1 is 1.21 bits per heavy atom. The Hall–Kier alpha value is -1.40. The molecule has 0 atom stereocenters. The smallest absolute Gasteiger partial charge is 0.337 e. The predicted octanol–water partition coefficient (Wildman–Crippen LogP) is 3.88. The summed E-state index contributed by atoms with van der Waals surface area (Å²) in [4.78, 5) is 15.1. The van der Waals surface area contributed by atoms with Crippen LogP contribution in [0.15, 0.2) is 45.5 Å². The van der Waals surface area contributed by atoms with E-state index >= 15 is 0 Å². The monoisotopic (exact) mass is 385 g/mol. The van der Waals surface area contributed by atoms with E-state index in [1.807, 2.05) is 18.2 Å². The third kappa shape index (κ3) is 3.33. The van der Waals surface area contributed by atoms with Crippen LogP contribution in [0.3, 0.4) is 0 Å². The molecule has 0 fully saturated rings. The number of aromatic carboxylic acids is 1. The lowest BCUT2D eigenvalue weighted by molar-refractivity contribution is 0.0693. The van der Waals surface area contributed by atoms with Gasteiger partial charge in [-0.1, -0.05) is 6.07 Å². The van der Waals surface area contributed by atoms with Gasteiger partial charge in [0.05, 0.1) is 20.2 Å². The fourth-order valence-corrected chi connectivity index (χ4v) is 2.74. The fourth-order valence-electron chi connectivity index (χ4n) is 1.51. The number of rotatable bonds is 4. The molecule has 98 valence electrons. The molecule has 0 saturated heterocycles. The van der Waals surface area contributed by atoms with Crippen molar-refractivity contribution in [2.45, 2.75) is 6.61 Å². The van der Waals surface area contributed by atoms with E-state index in [1.54, 1.807) is 12.3 Å². The summed E-state index contributed by atoms with van der Waals surface area (Å²) >= 11 is 6.75. The fraction of sp³-hybridized carbons (Fsp3) is 0.0769. The number of aromatic nitrogens is 1. The molecule has 1 heterocycles. The van der Waals surface area contributed by atoms with Crippen molar-refractivity contribution in [2.24, 2.45) is 0 Å². The van der Waals surface area contributed by atoms with E-state index in [0.717, 1.165) is 8.95 Å². The molecule has 2 aromatic rings. The average molecular weight is 387 g/mol. The summed E-state index contributed by atoms with van der Waals surface area (Å²) in [7, 11) is 0. The Labute approximate surface area is 126 Å². The summed E-state index contributed by atoms with van der Waals surface area (Å²) in [5, 5.41) is 9.06. The van der Waals surface area contributed by atoms with E-state index in [9.17, 15) is 4.79 Å². The molecular weight excluding hydrogens is 378 g/mol. The van der Waals surface area contributed by atoms with Crippen LogP contribution in [0.1, 0.15) is 16.1 Å². The maximum absolute atomic E-state index is 11.1. The van der Waals surface area contributed by atoms with Gasteiger partial charge in [0.2, 0.25) is 0 Å². The highest BCUT2D eigenvalue weighted by atomic mass is 79.9. The molecule has 0 saturated carbocycles. The normalized spacial score (nSPS) is 10.2. The minimum atomic E-state index is -1.02. The third-order valence-electron chi connectivity index (χ3n) is 2.39. The number of halogens is 2. The summed E-state index contributed by atoms with van der Waals surface area (Å²) < 4.78 is 7.20. The SMILES string of the molecule is O=C(O)c1cccnc1COc1c(Br)cccc1Br. The van der Waals surface area contributed by atoms with Gasteiger partial charge in [0.1, 0.15) is 12.4 Å². The zero-order valence-corrected chi connectivity index (χ0v) is 12.8. The Balaban J connectivity index is 2.22. The molecule has 0 unspecified atom stereocenters. The minimum Gasteiger partial charge on any atom is -0.485 e. The lowest BCUT2D eigenvalue weighted by Gasteiger charge is -2.10. The second-order valence-electron chi connectivity index (χ2n) is 3.64. The van der Waals surface area contributed by atoms with Gasteiger partial charge in [-0.3, -0.25) is 4.98 Å². The Bertz CT molecular complexity index is 596. The van der Waals surface area contributed by atoms with Gasteiger partial charge in [0, 0.05) is 6.20 Å². The number of hydrogen-bond donors (Lipinski definition) is 1. The number of pyridine rings is 1. The van der Waals surface area contributed by atoms with Gasteiger partial charge < -0.3 is 9.84 Å². The zero-order chi connectivity index (χ0) is 13.8. The molecular formula is C13H9Br2NO3. The van der Waals surface area contributed by atoms with Crippen molar-refractivity contribution in [1.29, 1.82) is 0 Å². The van der Waals surface area contributed by atoms with Gasteiger partial charge >= 0.3 is 5.97 Å². The molecule has 6 heteroatoms. The molecule has 0 aliphatic rings. The molecule has 2 rings (SSSR count). The van der Waals surface area contributed by atoms with Crippen LogP contribution < -0.4 is 4.74 Å². The Morgan fingerprint density at radius 3 is 2.53 bits per heavy atom. The molecule has 0 spiro atoms. The van der Waals surface area contributed by atoms with Crippen LogP contribution in [0.4, 0.5) is 0 Å². The van der Waals surface area contributed by atoms with Crippen LogP contribution in [0, 0.1) is 0 Å². The lowest BCUT2D eigenvalue weighted by atomic mass is 10.2. The summed E-state index contributed by atoms with van der Waals surface area (Å²) in [5.41, 5.74) is 0.531. The Morgan fingerprint density at radius 2 is 1.89 bits per heavy atom. The maximum Gasteiger partial charge on any atom is 0.337 e. The summed E-state index contributed by atoms with van der Waals surface area (Å²) in [6, 6.07) is 8.64. The van der Waals surface area contributed by atoms with Crippen molar-refractivity contribution in [3.8, 4) is 5.75 Å². The van der Waals surface area contributed by atoms with Crippen molar-refractivity contribution in [1.82, 2.24) is 4.98 Å². The summed E-state index contributed by atoms with van der Waals surface area (Å²) in [5.74, 6) is -0.401. The molecule has 0 radical (unpaired) electrons. The number of carboxylic acids is 1. The van der Waals surface area contributed by atoms with Gasteiger partial charge in [-0.05, 0) is 56.1 Å². The van der Waals surface area contributed by atoms with Crippen LogP contribution in [0.25, 0.3) is 0 Å². The molecule has 19 heavy (non-hydrogen) atoms. The highest BCUT2D eigenvalue weighted by Gasteiger charge is 2.12. The highest BCUT2D eigenvalue weighted by molar-refractivity contribution is 9.11. The largest absolute Gasteiger partial charge is 0.485 e. The quantitative estimate of drug-likeness (QED) is 0.865. The molecule has 0 aliphatic carbocycles. The van der Waals surface area contributed by atoms with Gasteiger partial charge in [0.25, 0.3) is 0 Å². The van der Waals surface area contributed by atoms with Gasteiger partial charge in [0.15, 0.2) is 0 Å². The number of carbonyl (C=O) groups is 1. The third-order valence-corrected chi connectivity index (χ3v) is 3.64. The zero-order valence-electron chi connectivity index (χ0n) is 9.64. The first kappa shape index (κ1) is 14.0. The van der Waals surface area contributed by atoms with E-state index < -0.39 is 5.97 Å². The predicted molar refractivity (Wildman–Crippen MR) is 77.4 cm³/mol. The van der Waals surface area contributed by atoms with Crippen LogP contribution in [0.2, 0.25) is 0 Å². The van der Waals surface area contributed by atoms with E-state index in [1.165, 1.54) is 6.07 Å². The Kier molecular flexibility index (Phi) is 4.55. The summed E-state index contributed by atoms with van der Waals surface area (Å²) in [6.45, 7) is 0.0870. The van der Waals surface area contributed by atoms with Gasteiger partial charge in [-0.15, -0.1) is 0 Å². The second-order valence-corrected chi connectivity index (χ2v) is 5.35. The number of ether oxygens (including phenoxy) is 1. The van der Waals surface area contributed by atoms with Crippen molar-refractivity contribution in [2.75, 3.05) is 0 Å². The molecule has 0 bridgehead atoms.